The molecule has 0 fully saturated rings. The number of halogens is 3. The van der Waals surface area contributed by atoms with Crippen molar-refractivity contribution >= 4 is 29.2 Å². The van der Waals surface area contributed by atoms with E-state index in [0.29, 0.717) is 0 Å². The lowest BCUT2D eigenvalue weighted by molar-refractivity contribution is 0.0526. The number of esters is 1. The molecule has 0 N–H and O–H groups in total. The van der Waals surface area contributed by atoms with Crippen molar-refractivity contribution in [2.75, 3.05) is 6.61 Å². The zero-order valence-electron chi connectivity index (χ0n) is 7.31. The van der Waals surface area contributed by atoms with Crippen LogP contribution in [0.2, 0.25) is 10.0 Å². The molecule has 0 heterocycles. The van der Waals surface area contributed by atoms with Crippen LogP contribution in [0, 0.1) is 5.82 Å². The van der Waals surface area contributed by atoms with Gasteiger partial charge in [0.2, 0.25) is 0 Å². The van der Waals surface area contributed by atoms with Gasteiger partial charge in [0.15, 0.2) is 0 Å². The van der Waals surface area contributed by atoms with Crippen LogP contribution in [0.25, 0.3) is 0 Å². The quantitative estimate of drug-likeness (QED) is 0.582. The largest absolute Gasteiger partial charge is 0.462 e. The first kappa shape index (κ1) is 11.3. The fourth-order valence-corrected chi connectivity index (χ4v) is 1.44. The van der Waals surface area contributed by atoms with Crippen LogP contribution in [-0.4, -0.2) is 12.6 Å². The Morgan fingerprint density at radius 2 is 2.14 bits per heavy atom. The minimum Gasteiger partial charge on any atom is -0.462 e. The molecular formula is C9H7Cl2FO2. The van der Waals surface area contributed by atoms with E-state index in [9.17, 15) is 9.18 Å². The maximum absolute atomic E-state index is 13.0. The van der Waals surface area contributed by atoms with Crippen LogP contribution in [-0.2, 0) is 4.74 Å². The molecule has 1 aromatic carbocycles. The molecule has 14 heavy (non-hydrogen) atoms. The maximum atomic E-state index is 13.0. The van der Waals surface area contributed by atoms with Gasteiger partial charge in [-0.3, -0.25) is 0 Å². The van der Waals surface area contributed by atoms with Crippen molar-refractivity contribution < 1.29 is 13.9 Å². The Bertz CT molecular complexity index is 366. The minimum atomic E-state index is -0.720. The van der Waals surface area contributed by atoms with E-state index < -0.39 is 11.8 Å². The third-order valence-electron chi connectivity index (χ3n) is 1.52. The first-order valence-electron chi connectivity index (χ1n) is 3.88. The molecule has 1 aromatic rings. The van der Waals surface area contributed by atoms with Crippen LogP contribution >= 0.6 is 23.2 Å². The molecule has 0 amide bonds. The summed E-state index contributed by atoms with van der Waals surface area (Å²) >= 11 is 11.2. The van der Waals surface area contributed by atoms with Crippen LogP contribution in [0.1, 0.15) is 17.3 Å². The van der Waals surface area contributed by atoms with E-state index in [1.807, 2.05) is 0 Å². The topological polar surface area (TPSA) is 26.3 Å². The molecule has 0 spiro atoms. The molecule has 0 saturated carbocycles. The summed E-state index contributed by atoms with van der Waals surface area (Å²) in [6, 6.07) is 2.35. The SMILES string of the molecule is CCOC(=O)c1c(Cl)ccc(F)c1Cl. The van der Waals surface area contributed by atoms with Crippen LogP contribution in [0.4, 0.5) is 4.39 Å². The number of hydrogen-bond acceptors (Lipinski definition) is 2. The van der Waals surface area contributed by atoms with Gasteiger partial charge in [-0.15, -0.1) is 0 Å². The predicted molar refractivity (Wildman–Crippen MR) is 52.4 cm³/mol. The molecule has 2 nitrogen and oxygen atoms in total. The van der Waals surface area contributed by atoms with Gasteiger partial charge in [0, 0.05) is 0 Å². The summed E-state index contributed by atoms with van der Waals surface area (Å²) in [7, 11) is 0. The van der Waals surface area contributed by atoms with Crippen molar-refractivity contribution in [3.63, 3.8) is 0 Å². The summed E-state index contributed by atoms with van der Waals surface area (Å²) < 4.78 is 17.6. The van der Waals surface area contributed by atoms with Crippen molar-refractivity contribution in [3.05, 3.63) is 33.6 Å². The standard InChI is InChI=1S/C9H7Cl2FO2/c1-2-14-9(13)7-5(10)3-4-6(12)8(7)11/h3-4H,2H2,1H3. The van der Waals surface area contributed by atoms with Crippen LogP contribution < -0.4 is 0 Å². The second-order valence-corrected chi connectivity index (χ2v) is 3.22. The van der Waals surface area contributed by atoms with Gasteiger partial charge in [-0.25, -0.2) is 9.18 Å². The Morgan fingerprint density at radius 1 is 1.50 bits per heavy atom. The third kappa shape index (κ3) is 2.16. The summed E-state index contributed by atoms with van der Waals surface area (Å²) in [4.78, 5) is 11.3. The molecule has 0 aliphatic carbocycles. The van der Waals surface area contributed by atoms with Crippen molar-refractivity contribution in [2.24, 2.45) is 0 Å². The van der Waals surface area contributed by atoms with Crippen molar-refractivity contribution in [2.45, 2.75) is 6.92 Å². The van der Waals surface area contributed by atoms with E-state index in [1.54, 1.807) is 6.92 Å². The van der Waals surface area contributed by atoms with E-state index in [-0.39, 0.29) is 22.2 Å². The van der Waals surface area contributed by atoms with Crippen molar-refractivity contribution in [1.82, 2.24) is 0 Å². The monoisotopic (exact) mass is 236 g/mol. The Labute approximate surface area is 90.6 Å². The lowest BCUT2D eigenvalue weighted by Gasteiger charge is -2.06. The van der Waals surface area contributed by atoms with Crippen LogP contribution in [0.3, 0.4) is 0 Å². The highest BCUT2D eigenvalue weighted by Gasteiger charge is 2.18. The fraction of sp³-hybridized carbons (Fsp3) is 0.222. The molecule has 0 aromatic heterocycles. The van der Waals surface area contributed by atoms with Crippen LogP contribution in [0.5, 0.6) is 0 Å². The second kappa shape index (κ2) is 4.62. The minimum absolute atomic E-state index is 0.0786. The van der Waals surface area contributed by atoms with Crippen molar-refractivity contribution in [3.8, 4) is 0 Å². The van der Waals surface area contributed by atoms with Gasteiger partial charge >= 0.3 is 5.97 Å². The van der Waals surface area contributed by atoms with Gasteiger partial charge in [-0.05, 0) is 19.1 Å². The van der Waals surface area contributed by atoms with E-state index in [0.717, 1.165) is 6.07 Å². The molecule has 0 radical (unpaired) electrons. The molecule has 0 bridgehead atoms. The smallest absolute Gasteiger partial charge is 0.341 e. The summed E-state index contributed by atoms with van der Waals surface area (Å²) in [6.45, 7) is 1.82. The highest BCUT2D eigenvalue weighted by molar-refractivity contribution is 6.39. The molecule has 0 aliphatic rings. The molecule has 76 valence electrons. The highest BCUT2D eigenvalue weighted by atomic mass is 35.5. The Morgan fingerprint density at radius 3 is 2.71 bits per heavy atom. The number of carbonyl (C=O) groups excluding carboxylic acids is 1. The summed E-state index contributed by atoms with van der Waals surface area (Å²) in [5.74, 6) is -1.42. The van der Waals surface area contributed by atoms with E-state index >= 15 is 0 Å². The van der Waals surface area contributed by atoms with Gasteiger partial charge < -0.3 is 4.74 Å². The first-order chi connectivity index (χ1) is 6.57. The van der Waals surface area contributed by atoms with E-state index in [1.165, 1.54) is 6.07 Å². The number of ether oxygens (including phenoxy) is 1. The average molecular weight is 237 g/mol. The van der Waals surface area contributed by atoms with Crippen molar-refractivity contribution in [1.29, 1.82) is 0 Å². The maximum Gasteiger partial charge on any atom is 0.341 e. The fourth-order valence-electron chi connectivity index (χ4n) is 0.917. The number of hydrogen-bond donors (Lipinski definition) is 0. The van der Waals surface area contributed by atoms with Gasteiger partial charge in [0.05, 0.1) is 22.2 Å². The van der Waals surface area contributed by atoms with Gasteiger partial charge in [0.1, 0.15) is 5.82 Å². The highest BCUT2D eigenvalue weighted by Crippen LogP contribution is 2.27. The van der Waals surface area contributed by atoms with Gasteiger partial charge in [0.25, 0.3) is 0 Å². The number of benzene rings is 1. The molecule has 0 aliphatic heterocycles. The van der Waals surface area contributed by atoms with E-state index in [2.05, 4.69) is 4.74 Å². The van der Waals surface area contributed by atoms with Gasteiger partial charge in [-0.2, -0.15) is 0 Å². The molecular weight excluding hydrogens is 230 g/mol. The van der Waals surface area contributed by atoms with E-state index in [4.69, 9.17) is 23.2 Å². The van der Waals surface area contributed by atoms with Crippen LogP contribution in [0.15, 0.2) is 12.1 Å². The number of rotatable bonds is 2. The first-order valence-corrected chi connectivity index (χ1v) is 4.64. The molecule has 1 rings (SSSR count). The molecule has 0 unspecified atom stereocenters. The third-order valence-corrected chi connectivity index (χ3v) is 2.21. The normalized spacial score (nSPS) is 10.0. The predicted octanol–water partition coefficient (Wildman–Crippen LogP) is 3.31. The Kier molecular flexibility index (Phi) is 3.72. The lowest BCUT2D eigenvalue weighted by atomic mass is 10.2. The molecule has 0 atom stereocenters. The summed E-state index contributed by atoms with van der Waals surface area (Å²) in [6.07, 6.45) is 0. The lowest BCUT2D eigenvalue weighted by Crippen LogP contribution is -2.07. The molecule has 5 heteroatoms. The molecule has 0 saturated heterocycles. The Balaban J connectivity index is 3.18. The van der Waals surface area contributed by atoms with Gasteiger partial charge in [-0.1, -0.05) is 23.2 Å². The zero-order chi connectivity index (χ0) is 10.7. The zero-order valence-corrected chi connectivity index (χ0v) is 8.82. The Hall–Kier alpha value is -0.800. The summed E-state index contributed by atoms with van der Waals surface area (Å²) in [5, 5.41) is -0.231. The second-order valence-electron chi connectivity index (χ2n) is 2.44. The summed E-state index contributed by atoms with van der Waals surface area (Å²) in [5.41, 5.74) is -0.129. The number of carbonyl (C=O) groups is 1. The average Bonchev–Trinajstić information content (AvgIpc) is 2.13.